The van der Waals surface area contributed by atoms with Gasteiger partial charge in [-0.15, -0.1) is 0 Å². The van der Waals surface area contributed by atoms with E-state index in [9.17, 15) is 10.1 Å². The van der Waals surface area contributed by atoms with Gasteiger partial charge in [0.15, 0.2) is 0 Å². The minimum atomic E-state index is 0.00243. The average molecular weight is 385 g/mol. The number of nitrogens with one attached hydrogen (secondary N) is 1. The molecular formula is C23H23N5O. The fourth-order valence-corrected chi connectivity index (χ4v) is 4.84. The second-order valence-electron chi connectivity index (χ2n) is 8.18. The van der Waals surface area contributed by atoms with Gasteiger partial charge >= 0.3 is 0 Å². The molecule has 1 aromatic heterocycles. The number of benzene rings is 1. The van der Waals surface area contributed by atoms with Gasteiger partial charge in [0.05, 0.1) is 23.0 Å². The van der Waals surface area contributed by atoms with Gasteiger partial charge < -0.3 is 5.32 Å². The molecule has 1 aromatic carbocycles. The molecule has 2 aliphatic heterocycles. The van der Waals surface area contributed by atoms with Crippen LogP contribution in [-0.4, -0.2) is 22.6 Å². The zero-order chi connectivity index (χ0) is 20.0. The van der Waals surface area contributed by atoms with Crippen LogP contribution in [0.3, 0.4) is 0 Å². The van der Waals surface area contributed by atoms with Crippen molar-refractivity contribution in [3.05, 3.63) is 58.3 Å². The van der Waals surface area contributed by atoms with Crippen LogP contribution >= 0.6 is 0 Å². The van der Waals surface area contributed by atoms with Crippen molar-refractivity contribution in [1.82, 2.24) is 10.3 Å². The van der Waals surface area contributed by atoms with Gasteiger partial charge in [0.25, 0.3) is 5.91 Å². The zero-order valence-corrected chi connectivity index (χ0v) is 16.5. The Kier molecular flexibility index (Phi) is 4.31. The van der Waals surface area contributed by atoms with E-state index < -0.39 is 0 Å². The lowest BCUT2D eigenvalue weighted by atomic mass is 9.91. The summed E-state index contributed by atoms with van der Waals surface area (Å²) < 4.78 is 0. The van der Waals surface area contributed by atoms with Crippen LogP contribution in [0.2, 0.25) is 0 Å². The first-order chi connectivity index (χ1) is 14.1. The first kappa shape index (κ1) is 17.9. The molecule has 1 saturated carbocycles. The van der Waals surface area contributed by atoms with Crippen molar-refractivity contribution in [2.45, 2.75) is 51.6 Å². The highest BCUT2D eigenvalue weighted by atomic mass is 16.1. The minimum Gasteiger partial charge on any atom is -0.348 e. The number of aryl methyl sites for hydroxylation is 1. The van der Waals surface area contributed by atoms with E-state index in [1.165, 1.54) is 25.7 Å². The van der Waals surface area contributed by atoms with Gasteiger partial charge in [-0.3, -0.25) is 4.79 Å². The lowest BCUT2D eigenvalue weighted by molar-refractivity contribution is 0.0966. The Bertz CT molecular complexity index is 1060. The van der Waals surface area contributed by atoms with Crippen LogP contribution in [0.4, 0.5) is 5.82 Å². The molecule has 1 aliphatic carbocycles. The summed E-state index contributed by atoms with van der Waals surface area (Å²) in [5.41, 5.74) is 5.27. The zero-order valence-electron chi connectivity index (χ0n) is 16.5. The molecule has 0 bridgehead atoms. The molecule has 29 heavy (non-hydrogen) atoms. The molecule has 0 spiro atoms. The summed E-state index contributed by atoms with van der Waals surface area (Å²) in [5.74, 6) is 1.42. The lowest BCUT2D eigenvalue weighted by Crippen LogP contribution is -2.33. The molecule has 1 atom stereocenters. The van der Waals surface area contributed by atoms with Crippen LogP contribution in [0, 0.1) is 24.2 Å². The van der Waals surface area contributed by atoms with Gasteiger partial charge in [-0.05, 0) is 61.1 Å². The summed E-state index contributed by atoms with van der Waals surface area (Å²) in [6.45, 7) is 2.46. The number of carbonyl (C=O) groups excluding carboxylic acids is 1. The van der Waals surface area contributed by atoms with Crippen LogP contribution in [0.1, 0.15) is 64.8 Å². The number of carbonyl (C=O) groups is 1. The van der Waals surface area contributed by atoms with E-state index >= 15 is 0 Å². The van der Waals surface area contributed by atoms with Gasteiger partial charge in [-0.25, -0.2) is 9.99 Å². The molecule has 1 N–H and O–H groups in total. The van der Waals surface area contributed by atoms with Crippen LogP contribution < -0.4 is 10.3 Å². The van der Waals surface area contributed by atoms with Crippen LogP contribution in [-0.2, 0) is 6.54 Å². The molecule has 1 fully saturated rings. The maximum absolute atomic E-state index is 11.9. The van der Waals surface area contributed by atoms with Crippen LogP contribution in [0.25, 0.3) is 0 Å². The smallest absolute Gasteiger partial charge is 0.251 e. The molecule has 0 saturated heterocycles. The molecular weight excluding hydrogens is 362 g/mol. The molecule has 2 aromatic rings. The Labute approximate surface area is 170 Å². The first-order valence-corrected chi connectivity index (χ1v) is 10.3. The SMILES string of the molecule is Cc1nc(N2N=C(c3ccc4c(c3)CNC4=O)C[C@@H]2C2CCCC2)ccc1C#N. The van der Waals surface area contributed by atoms with E-state index in [4.69, 9.17) is 5.10 Å². The summed E-state index contributed by atoms with van der Waals surface area (Å²) >= 11 is 0. The second kappa shape index (κ2) is 7.00. The molecule has 0 unspecified atom stereocenters. The third-order valence-electron chi connectivity index (χ3n) is 6.44. The standard InChI is InChI=1S/C23H23N5O/c1-14-17(12-24)7-9-22(26-14)28-21(15-4-2-3-5-15)11-20(27-28)16-6-8-19-18(10-16)13-25-23(19)29/h6-10,15,21H,2-5,11,13H2,1H3,(H,25,29)/t21-/m1/s1. The Balaban J connectivity index is 1.52. The number of hydrazone groups is 1. The van der Waals surface area contributed by atoms with Crippen molar-refractivity contribution in [2.24, 2.45) is 11.0 Å². The predicted molar refractivity (Wildman–Crippen MR) is 111 cm³/mol. The molecule has 3 heterocycles. The van der Waals surface area contributed by atoms with Crippen LogP contribution in [0.5, 0.6) is 0 Å². The second-order valence-corrected chi connectivity index (χ2v) is 8.18. The largest absolute Gasteiger partial charge is 0.348 e. The van der Waals surface area contributed by atoms with E-state index in [1.54, 1.807) is 0 Å². The molecule has 6 nitrogen and oxygen atoms in total. The maximum atomic E-state index is 11.9. The van der Waals surface area contributed by atoms with E-state index in [-0.39, 0.29) is 5.91 Å². The number of nitrogens with zero attached hydrogens (tertiary/aromatic N) is 4. The van der Waals surface area contributed by atoms with E-state index in [2.05, 4.69) is 27.4 Å². The van der Waals surface area contributed by atoms with Gasteiger partial charge in [-0.1, -0.05) is 18.9 Å². The summed E-state index contributed by atoms with van der Waals surface area (Å²) in [4.78, 5) is 16.5. The summed E-state index contributed by atoms with van der Waals surface area (Å²) in [5, 5.41) is 19.2. The normalized spacial score (nSPS) is 21.1. The number of hydrogen-bond donors (Lipinski definition) is 1. The van der Waals surface area contributed by atoms with Crippen molar-refractivity contribution in [2.75, 3.05) is 5.01 Å². The van der Waals surface area contributed by atoms with Gasteiger partial charge in [-0.2, -0.15) is 10.4 Å². The monoisotopic (exact) mass is 385 g/mol. The average Bonchev–Trinajstić information content (AvgIpc) is 3.47. The third kappa shape index (κ3) is 3.07. The van der Waals surface area contributed by atoms with Crippen molar-refractivity contribution < 1.29 is 4.79 Å². The number of rotatable bonds is 3. The van der Waals surface area contributed by atoms with Crippen molar-refractivity contribution >= 4 is 17.4 Å². The van der Waals surface area contributed by atoms with Gasteiger partial charge in [0.2, 0.25) is 0 Å². The highest BCUT2D eigenvalue weighted by molar-refractivity contribution is 6.05. The van der Waals surface area contributed by atoms with E-state index in [0.717, 1.165) is 40.3 Å². The fourth-order valence-electron chi connectivity index (χ4n) is 4.84. The summed E-state index contributed by atoms with van der Waals surface area (Å²) in [7, 11) is 0. The molecule has 3 aliphatic rings. The molecule has 6 heteroatoms. The Hall–Kier alpha value is -3.20. The van der Waals surface area contributed by atoms with Crippen molar-refractivity contribution in [3.63, 3.8) is 0 Å². The maximum Gasteiger partial charge on any atom is 0.251 e. The number of fused-ring (bicyclic) bond motifs is 1. The Morgan fingerprint density at radius 1 is 1.21 bits per heavy atom. The molecule has 0 radical (unpaired) electrons. The van der Waals surface area contributed by atoms with E-state index in [0.29, 0.717) is 24.1 Å². The number of pyridine rings is 1. The van der Waals surface area contributed by atoms with Gasteiger partial charge in [0, 0.05) is 18.5 Å². The number of amides is 1. The molecule has 5 rings (SSSR count). The fraction of sp³-hybridized carbons (Fsp3) is 0.391. The number of hydrogen-bond acceptors (Lipinski definition) is 5. The van der Waals surface area contributed by atoms with Gasteiger partial charge in [0.1, 0.15) is 11.9 Å². The Morgan fingerprint density at radius 3 is 2.79 bits per heavy atom. The summed E-state index contributed by atoms with van der Waals surface area (Å²) in [6, 6.07) is 12.2. The van der Waals surface area contributed by atoms with E-state index in [1.807, 2.05) is 31.2 Å². The highest BCUT2D eigenvalue weighted by Crippen LogP contribution is 2.38. The highest BCUT2D eigenvalue weighted by Gasteiger charge is 2.37. The minimum absolute atomic E-state index is 0.00243. The van der Waals surface area contributed by atoms with Crippen molar-refractivity contribution in [3.8, 4) is 6.07 Å². The summed E-state index contributed by atoms with van der Waals surface area (Å²) in [6.07, 6.45) is 5.88. The lowest BCUT2D eigenvalue weighted by Gasteiger charge is -2.27. The predicted octanol–water partition coefficient (Wildman–Crippen LogP) is 3.68. The topological polar surface area (TPSA) is 81.4 Å². The Morgan fingerprint density at radius 2 is 2.03 bits per heavy atom. The number of nitriles is 1. The first-order valence-electron chi connectivity index (χ1n) is 10.3. The number of anilines is 1. The van der Waals surface area contributed by atoms with Crippen molar-refractivity contribution in [1.29, 1.82) is 5.26 Å². The number of aromatic nitrogens is 1. The molecule has 146 valence electrons. The quantitative estimate of drug-likeness (QED) is 0.874. The third-order valence-corrected chi connectivity index (χ3v) is 6.44. The molecule has 1 amide bonds. The van der Waals surface area contributed by atoms with Crippen LogP contribution in [0.15, 0.2) is 35.4 Å².